The zero-order valence-corrected chi connectivity index (χ0v) is 8.84. The average Bonchev–Trinajstić information content (AvgIpc) is 2.78. The highest BCUT2D eigenvalue weighted by atomic mass is 79.9. The maximum atomic E-state index is 11.3. The summed E-state index contributed by atoms with van der Waals surface area (Å²) in [5, 5.41) is 4.24. The van der Waals surface area contributed by atoms with Crippen molar-refractivity contribution in [3.05, 3.63) is 16.9 Å². The van der Waals surface area contributed by atoms with Gasteiger partial charge in [-0.1, -0.05) is 0 Å². The zero-order chi connectivity index (χ0) is 9.27. The van der Waals surface area contributed by atoms with Crippen molar-refractivity contribution >= 4 is 21.7 Å². The molecule has 0 spiro atoms. The number of ketones is 1. The third-order valence-corrected chi connectivity index (χ3v) is 3.90. The summed E-state index contributed by atoms with van der Waals surface area (Å²) < 4.78 is 2.93. The van der Waals surface area contributed by atoms with E-state index in [9.17, 15) is 4.79 Å². The van der Waals surface area contributed by atoms with Gasteiger partial charge in [0.25, 0.3) is 0 Å². The first-order valence-electron chi connectivity index (χ1n) is 4.32. The maximum Gasteiger partial charge on any atom is 0.138 e. The summed E-state index contributed by atoms with van der Waals surface area (Å²) >= 11 is 3.36. The van der Waals surface area contributed by atoms with Crippen LogP contribution in [0.5, 0.6) is 0 Å². The van der Waals surface area contributed by atoms with Crippen LogP contribution >= 0.6 is 15.9 Å². The van der Waals surface area contributed by atoms with Crippen LogP contribution in [0.25, 0.3) is 0 Å². The van der Waals surface area contributed by atoms with Gasteiger partial charge < -0.3 is 0 Å². The Morgan fingerprint density at radius 1 is 1.69 bits per heavy atom. The fourth-order valence-corrected chi connectivity index (χ4v) is 2.64. The molecular formula is C9H9BrN2O. The average molecular weight is 241 g/mol. The van der Waals surface area contributed by atoms with E-state index in [0.29, 0.717) is 5.78 Å². The first-order chi connectivity index (χ1) is 6.11. The molecule has 2 fully saturated rings. The molecule has 0 amide bonds. The molecule has 0 bridgehead atoms. The molecule has 3 nitrogen and oxygen atoms in total. The van der Waals surface area contributed by atoms with Crippen molar-refractivity contribution in [2.75, 3.05) is 0 Å². The van der Waals surface area contributed by atoms with Crippen molar-refractivity contribution in [3.8, 4) is 0 Å². The minimum Gasteiger partial charge on any atom is -0.299 e. The molecular weight excluding hydrogens is 232 g/mol. The summed E-state index contributed by atoms with van der Waals surface area (Å²) in [6, 6.07) is 0. The van der Waals surface area contributed by atoms with Crippen LogP contribution < -0.4 is 0 Å². The van der Waals surface area contributed by atoms with Gasteiger partial charge >= 0.3 is 0 Å². The molecule has 13 heavy (non-hydrogen) atoms. The van der Waals surface area contributed by atoms with E-state index in [1.54, 1.807) is 13.1 Å². The number of hydrogen-bond donors (Lipinski definition) is 0. The summed E-state index contributed by atoms with van der Waals surface area (Å²) in [6.07, 6.45) is 5.71. The van der Waals surface area contributed by atoms with E-state index in [1.165, 1.54) is 0 Å². The Morgan fingerprint density at radius 3 is 2.77 bits per heavy atom. The standard InChI is InChI=1S/C9H9BrN2O/c1-6(13)8-4-9(8,5-8)12-3-7(10)2-11-12/h2-3H,4-5H2,1H3. The van der Waals surface area contributed by atoms with E-state index in [2.05, 4.69) is 21.0 Å². The normalized spacial score (nSPS) is 39.8. The fourth-order valence-electron chi connectivity index (χ4n) is 2.35. The smallest absolute Gasteiger partial charge is 0.138 e. The molecule has 0 atom stereocenters. The molecule has 0 N–H and O–H groups in total. The monoisotopic (exact) mass is 240 g/mol. The van der Waals surface area contributed by atoms with Crippen molar-refractivity contribution in [2.24, 2.45) is 5.41 Å². The van der Waals surface area contributed by atoms with E-state index >= 15 is 0 Å². The molecule has 2 aliphatic carbocycles. The molecule has 1 aromatic rings. The highest BCUT2D eigenvalue weighted by Gasteiger charge is 2.87. The van der Waals surface area contributed by atoms with Gasteiger partial charge in [0.15, 0.2) is 0 Å². The van der Waals surface area contributed by atoms with Crippen LogP contribution in [-0.4, -0.2) is 15.6 Å². The largest absolute Gasteiger partial charge is 0.299 e. The predicted molar refractivity (Wildman–Crippen MR) is 50.2 cm³/mol. The van der Waals surface area contributed by atoms with E-state index < -0.39 is 0 Å². The van der Waals surface area contributed by atoms with Crippen LogP contribution in [0.2, 0.25) is 0 Å². The number of rotatable bonds is 2. The van der Waals surface area contributed by atoms with Gasteiger partial charge in [-0.3, -0.25) is 9.48 Å². The Hall–Kier alpha value is -0.640. The molecule has 0 unspecified atom stereocenters. The lowest BCUT2D eigenvalue weighted by molar-refractivity contribution is -0.120. The number of carbonyl (C=O) groups excluding carboxylic acids is 1. The highest BCUT2D eigenvalue weighted by Crippen LogP contribution is 2.83. The Balaban J connectivity index is 1.96. The number of halogens is 1. The Bertz CT molecular complexity index is 404. The molecule has 0 saturated heterocycles. The van der Waals surface area contributed by atoms with E-state index in [4.69, 9.17) is 0 Å². The lowest BCUT2D eigenvalue weighted by Crippen LogP contribution is -2.07. The molecule has 1 aromatic heterocycles. The van der Waals surface area contributed by atoms with Crippen LogP contribution in [0, 0.1) is 5.41 Å². The number of fused-ring (bicyclic) bond motifs is 1. The third-order valence-electron chi connectivity index (χ3n) is 3.49. The lowest BCUT2D eigenvalue weighted by atomic mass is 10.1. The van der Waals surface area contributed by atoms with Gasteiger partial charge in [0.2, 0.25) is 0 Å². The predicted octanol–water partition coefficient (Wildman–Crippen LogP) is 1.72. The SMILES string of the molecule is CC(=O)C12CC1(n1cc(Br)cn1)C2. The summed E-state index contributed by atoms with van der Waals surface area (Å²) in [5.41, 5.74) is 0.0450. The third kappa shape index (κ3) is 0.713. The maximum absolute atomic E-state index is 11.3. The molecule has 2 saturated carbocycles. The van der Waals surface area contributed by atoms with Gasteiger partial charge in [0, 0.05) is 6.20 Å². The van der Waals surface area contributed by atoms with Crippen molar-refractivity contribution in [2.45, 2.75) is 25.3 Å². The van der Waals surface area contributed by atoms with Crippen LogP contribution in [0.15, 0.2) is 16.9 Å². The second-order valence-corrected chi connectivity index (χ2v) is 5.04. The van der Waals surface area contributed by atoms with Crippen LogP contribution in [0.3, 0.4) is 0 Å². The Labute approximate surface area is 84.2 Å². The molecule has 1 heterocycles. The van der Waals surface area contributed by atoms with Crippen molar-refractivity contribution < 1.29 is 4.79 Å². The number of hydrogen-bond acceptors (Lipinski definition) is 2. The summed E-state index contributed by atoms with van der Waals surface area (Å²) in [7, 11) is 0. The van der Waals surface area contributed by atoms with Crippen LogP contribution in [-0.2, 0) is 10.3 Å². The number of Topliss-reactive ketones (excluding diaryl/α,β-unsaturated/α-hetero) is 1. The van der Waals surface area contributed by atoms with Crippen molar-refractivity contribution in [3.63, 3.8) is 0 Å². The van der Waals surface area contributed by atoms with E-state index in [-0.39, 0.29) is 11.0 Å². The van der Waals surface area contributed by atoms with Gasteiger partial charge in [0.1, 0.15) is 5.78 Å². The van der Waals surface area contributed by atoms with Gasteiger partial charge in [-0.25, -0.2) is 0 Å². The number of aromatic nitrogens is 2. The van der Waals surface area contributed by atoms with Gasteiger partial charge in [-0.15, -0.1) is 0 Å². The zero-order valence-electron chi connectivity index (χ0n) is 7.25. The van der Waals surface area contributed by atoms with Crippen molar-refractivity contribution in [1.82, 2.24) is 9.78 Å². The summed E-state index contributed by atoms with van der Waals surface area (Å²) in [4.78, 5) is 11.3. The number of nitrogens with zero attached hydrogens (tertiary/aromatic N) is 2. The van der Waals surface area contributed by atoms with Gasteiger partial charge in [-0.2, -0.15) is 5.10 Å². The van der Waals surface area contributed by atoms with Gasteiger partial charge in [0.05, 0.1) is 21.6 Å². The minimum absolute atomic E-state index is 0.0293. The second-order valence-electron chi connectivity index (χ2n) is 4.13. The highest BCUT2D eigenvalue weighted by molar-refractivity contribution is 9.10. The first kappa shape index (κ1) is 7.74. The molecule has 0 radical (unpaired) electrons. The lowest BCUT2D eigenvalue weighted by Gasteiger charge is -2.00. The molecule has 0 aromatic carbocycles. The molecule has 3 rings (SSSR count). The van der Waals surface area contributed by atoms with Crippen LogP contribution in [0.4, 0.5) is 0 Å². The second kappa shape index (κ2) is 1.90. The Morgan fingerprint density at radius 2 is 2.38 bits per heavy atom. The molecule has 4 heteroatoms. The van der Waals surface area contributed by atoms with E-state index in [1.807, 2.05) is 10.9 Å². The fraction of sp³-hybridized carbons (Fsp3) is 0.556. The first-order valence-corrected chi connectivity index (χ1v) is 5.12. The summed E-state index contributed by atoms with van der Waals surface area (Å²) in [6.45, 7) is 1.69. The van der Waals surface area contributed by atoms with Gasteiger partial charge in [-0.05, 0) is 35.7 Å². The van der Waals surface area contributed by atoms with Crippen molar-refractivity contribution in [1.29, 1.82) is 0 Å². The minimum atomic E-state index is -0.0293. The molecule has 2 aliphatic rings. The van der Waals surface area contributed by atoms with Crippen LogP contribution in [0.1, 0.15) is 19.8 Å². The van der Waals surface area contributed by atoms with E-state index in [0.717, 1.165) is 17.3 Å². The summed E-state index contributed by atoms with van der Waals surface area (Å²) in [5.74, 6) is 0.319. The quantitative estimate of drug-likeness (QED) is 0.790. The topological polar surface area (TPSA) is 34.9 Å². The molecule has 0 aliphatic heterocycles. The Kier molecular flexibility index (Phi) is 1.13. The molecule has 68 valence electrons. The number of carbonyl (C=O) groups is 1.